The number of ether oxygens (including phenoxy) is 1. The summed E-state index contributed by atoms with van der Waals surface area (Å²) in [5, 5.41) is 7.46. The van der Waals surface area contributed by atoms with E-state index in [1.807, 2.05) is 32.0 Å². The lowest BCUT2D eigenvalue weighted by molar-refractivity contribution is 0.0527. The lowest BCUT2D eigenvalue weighted by atomic mass is 10.1. The van der Waals surface area contributed by atoms with Gasteiger partial charge in [0.15, 0.2) is 5.11 Å². The number of nitrogens with zero attached hydrogens (tertiary/aromatic N) is 1. The molecule has 2 N–H and O–H groups in total. The molecule has 0 amide bonds. The first-order chi connectivity index (χ1) is 12.6. The van der Waals surface area contributed by atoms with Gasteiger partial charge < -0.3 is 15.4 Å². The Labute approximate surface area is 163 Å². The average Bonchev–Trinajstić information content (AvgIpc) is 2.76. The number of carbonyl (C=O) groups excluding carboxylic acids is 1. The molecule has 5 nitrogen and oxygen atoms in total. The highest BCUT2D eigenvalue weighted by atomic mass is 32.1. The minimum absolute atomic E-state index is 0.272. The lowest BCUT2D eigenvalue weighted by Crippen LogP contribution is -2.21. The third-order valence-corrected chi connectivity index (χ3v) is 5.67. The maximum atomic E-state index is 12.6. The minimum atomic E-state index is -0.272. The molecule has 0 spiro atoms. The molecule has 2 heterocycles. The van der Waals surface area contributed by atoms with Crippen LogP contribution in [-0.4, -0.2) is 22.7 Å². The molecule has 7 heteroatoms. The van der Waals surface area contributed by atoms with Crippen LogP contribution in [0, 0.1) is 6.92 Å². The molecule has 1 aliphatic rings. The van der Waals surface area contributed by atoms with Crippen molar-refractivity contribution in [2.45, 2.75) is 46.0 Å². The fraction of sp³-hybridized carbons (Fsp3) is 0.421. The van der Waals surface area contributed by atoms with E-state index in [0.29, 0.717) is 23.1 Å². The van der Waals surface area contributed by atoms with Crippen LogP contribution in [0.15, 0.2) is 18.2 Å². The number of aryl methyl sites for hydroxylation is 2. The number of anilines is 2. The van der Waals surface area contributed by atoms with Crippen LogP contribution >= 0.6 is 23.6 Å². The van der Waals surface area contributed by atoms with Gasteiger partial charge in [-0.2, -0.15) is 0 Å². The predicted octanol–water partition coefficient (Wildman–Crippen LogP) is 4.71. The number of hydrogen-bond donors (Lipinski definition) is 2. The van der Waals surface area contributed by atoms with Crippen molar-refractivity contribution in [3.63, 3.8) is 0 Å². The van der Waals surface area contributed by atoms with Crippen LogP contribution in [-0.2, 0) is 17.6 Å². The Morgan fingerprint density at radius 2 is 2.08 bits per heavy atom. The quantitative estimate of drug-likeness (QED) is 0.449. The maximum Gasteiger partial charge on any atom is 0.341 e. The standard InChI is InChI=1S/C19H23N3O2S2/c1-3-24-18(23)16-13-9-5-4-6-10-14(13)26-17(16)22-19(25)21-15-11-7-8-12(2)20-15/h7-8,11H,3-6,9-10H2,1-2H3,(H2,20,21,22,25). The lowest BCUT2D eigenvalue weighted by Gasteiger charge is -2.11. The van der Waals surface area contributed by atoms with Crippen molar-refractivity contribution in [3.8, 4) is 0 Å². The van der Waals surface area contributed by atoms with Crippen molar-refractivity contribution in [1.29, 1.82) is 0 Å². The van der Waals surface area contributed by atoms with Gasteiger partial charge in [0.2, 0.25) is 0 Å². The predicted molar refractivity (Wildman–Crippen MR) is 110 cm³/mol. The third-order valence-electron chi connectivity index (χ3n) is 4.26. The Kier molecular flexibility index (Phi) is 6.21. The van der Waals surface area contributed by atoms with E-state index in [0.717, 1.165) is 41.9 Å². The number of aromatic nitrogens is 1. The summed E-state index contributed by atoms with van der Waals surface area (Å²) >= 11 is 7.04. The molecule has 0 aromatic carbocycles. The fourth-order valence-electron chi connectivity index (χ4n) is 3.11. The second-order valence-electron chi connectivity index (χ2n) is 6.23. The molecule has 138 valence electrons. The van der Waals surface area contributed by atoms with E-state index in [2.05, 4.69) is 15.6 Å². The molecule has 0 atom stereocenters. The van der Waals surface area contributed by atoms with E-state index in [-0.39, 0.29) is 5.97 Å². The summed E-state index contributed by atoms with van der Waals surface area (Å²) < 4.78 is 5.30. The summed E-state index contributed by atoms with van der Waals surface area (Å²) in [6.07, 6.45) is 5.39. The van der Waals surface area contributed by atoms with Crippen LogP contribution in [0.2, 0.25) is 0 Å². The van der Waals surface area contributed by atoms with Crippen molar-refractivity contribution in [2.24, 2.45) is 0 Å². The first-order valence-electron chi connectivity index (χ1n) is 8.91. The van der Waals surface area contributed by atoms with Gasteiger partial charge in [-0.25, -0.2) is 9.78 Å². The van der Waals surface area contributed by atoms with Gasteiger partial charge in [0.05, 0.1) is 12.2 Å². The molecule has 0 aliphatic heterocycles. The molecule has 26 heavy (non-hydrogen) atoms. The number of thiocarbonyl (C=S) groups is 1. The van der Waals surface area contributed by atoms with Crippen LogP contribution in [0.1, 0.15) is 52.7 Å². The van der Waals surface area contributed by atoms with Gasteiger partial charge in [0.1, 0.15) is 10.8 Å². The Morgan fingerprint density at radius 1 is 1.27 bits per heavy atom. The molecular formula is C19H23N3O2S2. The summed E-state index contributed by atoms with van der Waals surface area (Å²) in [5.74, 6) is 0.407. The molecule has 0 unspecified atom stereocenters. The van der Waals surface area contributed by atoms with Gasteiger partial charge in [0, 0.05) is 10.6 Å². The molecule has 2 aromatic rings. The Bertz CT molecular complexity index is 817. The van der Waals surface area contributed by atoms with Gasteiger partial charge >= 0.3 is 5.97 Å². The molecule has 0 saturated heterocycles. The van der Waals surface area contributed by atoms with E-state index < -0.39 is 0 Å². The minimum Gasteiger partial charge on any atom is -0.462 e. The summed E-state index contributed by atoms with van der Waals surface area (Å²) in [6, 6.07) is 5.71. The average molecular weight is 390 g/mol. The van der Waals surface area contributed by atoms with Crippen LogP contribution in [0.5, 0.6) is 0 Å². The Morgan fingerprint density at radius 3 is 2.85 bits per heavy atom. The summed E-state index contributed by atoms with van der Waals surface area (Å²) in [6.45, 7) is 4.11. The van der Waals surface area contributed by atoms with E-state index in [1.54, 1.807) is 11.3 Å². The number of thiophene rings is 1. The van der Waals surface area contributed by atoms with Gasteiger partial charge in [-0.3, -0.25) is 0 Å². The number of fused-ring (bicyclic) bond motifs is 1. The van der Waals surface area contributed by atoms with Crippen LogP contribution in [0.4, 0.5) is 10.8 Å². The molecule has 0 bridgehead atoms. The first-order valence-corrected chi connectivity index (χ1v) is 10.1. The monoisotopic (exact) mass is 389 g/mol. The largest absolute Gasteiger partial charge is 0.462 e. The second kappa shape index (κ2) is 8.60. The number of carbonyl (C=O) groups is 1. The molecule has 2 aromatic heterocycles. The number of esters is 1. The van der Waals surface area contributed by atoms with E-state index in [9.17, 15) is 4.79 Å². The van der Waals surface area contributed by atoms with Gasteiger partial charge in [-0.15, -0.1) is 11.3 Å². The molecule has 0 saturated carbocycles. The summed E-state index contributed by atoms with van der Waals surface area (Å²) in [7, 11) is 0. The zero-order chi connectivity index (χ0) is 18.5. The number of nitrogens with one attached hydrogen (secondary N) is 2. The van der Waals surface area contributed by atoms with E-state index >= 15 is 0 Å². The number of pyridine rings is 1. The molecule has 1 aliphatic carbocycles. The smallest absolute Gasteiger partial charge is 0.341 e. The second-order valence-corrected chi connectivity index (χ2v) is 7.75. The van der Waals surface area contributed by atoms with Crippen molar-refractivity contribution in [3.05, 3.63) is 39.9 Å². The zero-order valence-electron chi connectivity index (χ0n) is 15.1. The zero-order valence-corrected chi connectivity index (χ0v) is 16.7. The van der Waals surface area contributed by atoms with Crippen molar-refractivity contribution in [2.75, 3.05) is 17.2 Å². The normalized spacial score (nSPS) is 13.5. The van der Waals surface area contributed by atoms with E-state index in [4.69, 9.17) is 17.0 Å². The van der Waals surface area contributed by atoms with Crippen molar-refractivity contribution in [1.82, 2.24) is 4.98 Å². The molecule has 0 fully saturated rings. The summed E-state index contributed by atoms with van der Waals surface area (Å²) in [5.41, 5.74) is 2.69. The Hall–Kier alpha value is -1.99. The van der Waals surface area contributed by atoms with Crippen molar-refractivity contribution < 1.29 is 9.53 Å². The van der Waals surface area contributed by atoms with Gasteiger partial charge in [-0.05, 0) is 69.4 Å². The van der Waals surface area contributed by atoms with Gasteiger partial charge in [-0.1, -0.05) is 12.5 Å². The number of rotatable bonds is 4. The fourth-order valence-corrected chi connectivity index (χ4v) is 4.67. The highest BCUT2D eigenvalue weighted by molar-refractivity contribution is 7.80. The van der Waals surface area contributed by atoms with Crippen molar-refractivity contribution >= 4 is 45.5 Å². The maximum absolute atomic E-state index is 12.6. The molecule has 0 radical (unpaired) electrons. The summed E-state index contributed by atoms with van der Waals surface area (Å²) in [4.78, 5) is 18.2. The number of hydrogen-bond acceptors (Lipinski definition) is 5. The molecular weight excluding hydrogens is 366 g/mol. The first kappa shape index (κ1) is 18.8. The van der Waals surface area contributed by atoms with Crippen LogP contribution < -0.4 is 10.6 Å². The van der Waals surface area contributed by atoms with E-state index in [1.165, 1.54) is 11.3 Å². The molecule has 3 rings (SSSR count). The van der Waals surface area contributed by atoms with Crippen LogP contribution in [0.3, 0.4) is 0 Å². The Balaban J connectivity index is 1.84. The third kappa shape index (κ3) is 4.40. The van der Waals surface area contributed by atoms with Crippen LogP contribution in [0.25, 0.3) is 0 Å². The highest BCUT2D eigenvalue weighted by Gasteiger charge is 2.26. The SMILES string of the molecule is CCOC(=O)c1c(NC(=S)Nc2cccc(C)n2)sc2c1CCCCC2. The van der Waals surface area contributed by atoms with Gasteiger partial charge in [0.25, 0.3) is 0 Å². The highest BCUT2D eigenvalue weighted by Crippen LogP contribution is 2.38. The topological polar surface area (TPSA) is 63.2 Å².